The Hall–Kier alpha value is -6.01. The van der Waals surface area contributed by atoms with Crippen molar-refractivity contribution in [1.29, 1.82) is 0 Å². The van der Waals surface area contributed by atoms with Gasteiger partial charge in [-0.3, -0.25) is 0 Å². The Morgan fingerprint density at radius 3 is 1.52 bits per heavy atom. The van der Waals surface area contributed by atoms with E-state index in [1.807, 2.05) is 103 Å². The fraction of sp³-hybridized carbons (Fsp3) is 0.0976. The van der Waals surface area contributed by atoms with Crippen LogP contribution in [0.2, 0.25) is 0 Å². The van der Waals surface area contributed by atoms with Gasteiger partial charge in [0.05, 0.1) is 45.6 Å². The Bertz CT molecular complexity index is 2720. The molecular formula is C41H25F6N3. The van der Waals surface area contributed by atoms with Crippen LogP contribution >= 0.6 is 0 Å². The Morgan fingerprint density at radius 2 is 1.02 bits per heavy atom. The van der Waals surface area contributed by atoms with Crippen LogP contribution in [0.3, 0.4) is 0 Å². The molecule has 0 amide bonds. The molecule has 2 heterocycles. The first-order valence-corrected chi connectivity index (χ1v) is 15.7. The summed E-state index contributed by atoms with van der Waals surface area (Å²) in [6.07, 6.45) is -9.86. The van der Waals surface area contributed by atoms with Crippen molar-refractivity contribution in [2.75, 3.05) is 0 Å². The Labute approximate surface area is 282 Å². The maximum atomic E-state index is 15.3. The van der Waals surface area contributed by atoms with Crippen LogP contribution < -0.4 is 0 Å². The van der Waals surface area contributed by atoms with Crippen LogP contribution in [0, 0.1) is 20.4 Å². The van der Waals surface area contributed by atoms with E-state index >= 15 is 13.2 Å². The van der Waals surface area contributed by atoms with Gasteiger partial charge >= 0.3 is 12.4 Å². The number of alkyl halides is 6. The largest absolute Gasteiger partial charge is 0.417 e. The van der Waals surface area contributed by atoms with Crippen molar-refractivity contribution in [2.45, 2.75) is 26.2 Å². The summed E-state index contributed by atoms with van der Waals surface area (Å²) in [6, 6.07) is 31.5. The van der Waals surface area contributed by atoms with Crippen LogP contribution in [0.4, 0.5) is 32.0 Å². The maximum absolute atomic E-state index is 15.3. The average molecular weight is 674 g/mol. The zero-order valence-electron chi connectivity index (χ0n) is 26.6. The molecule has 0 aliphatic carbocycles. The van der Waals surface area contributed by atoms with Gasteiger partial charge in [-0.25, -0.2) is 4.85 Å². The molecule has 6 aromatic carbocycles. The maximum Gasteiger partial charge on any atom is 0.417 e. The number of benzene rings is 6. The van der Waals surface area contributed by atoms with Crippen LogP contribution in [-0.4, -0.2) is 9.13 Å². The molecule has 0 atom stereocenters. The predicted octanol–water partition coefficient (Wildman–Crippen LogP) is 12.8. The van der Waals surface area contributed by atoms with Gasteiger partial charge in [0.1, 0.15) is 0 Å². The number of aromatic nitrogens is 2. The SMILES string of the molecule is [C-]#[N+]c1cc(-c2cc(-n3c4ccccc4c4ccc(C)cc43)c(-n3c4ccccc4c4ccc(C)cc43)cc2C(F)(F)F)cc(C(F)(F)F)c1. The minimum absolute atomic E-state index is 0.194. The first-order valence-electron chi connectivity index (χ1n) is 15.7. The number of rotatable bonds is 3. The number of hydrogen-bond acceptors (Lipinski definition) is 0. The number of nitrogens with zero attached hydrogens (tertiary/aromatic N) is 3. The van der Waals surface area contributed by atoms with Crippen molar-refractivity contribution >= 4 is 49.3 Å². The summed E-state index contributed by atoms with van der Waals surface area (Å²) in [7, 11) is 0. The summed E-state index contributed by atoms with van der Waals surface area (Å²) in [4.78, 5) is 3.18. The third-order valence-electron chi connectivity index (χ3n) is 9.25. The van der Waals surface area contributed by atoms with E-state index in [2.05, 4.69) is 4.85 Å². The second kappa shape index (κ2) is 11.0. The van der Waals surface area contributed by atoms with Crippen LogP contribution in [0.5, 0.6) is 0 Å². The normalized spacial score (nSPS) is 12.4. The zero-order valence-corrected chi connectivity index (χ0v) is 26.6. The molecule has 0 fully saturated rings. The van der Waals surface area contributed by atoms with E-state index in [-0.39, 0.29) is 11.3 Å². The van der Waals surface area contributed by atoms with Crippen molar-refractivity contribution in [3.8, 4) is 22.5 Å². The van der Waals surface area contributed by atoms with E-state index in [1.54, 1.807) is 4.57 Å². The van der Waals surface area contributed by atoms with E-state index in [0.717, 1.165) is 50.3 Å². The third kappa shape index (κ3) is 4.90. The van der Waals surface area contributed by atoms with Crippen LogP contribution in [0.1, 0.15) is 22.3 Å². The van der Waals surface area contributed by atoms with Crippen molar-refractivity contribution in [1.82, 2.24) is 9.13 Å². The van der Waals surface area contributed by atoms with Gasteiger partial charge in [0, 0.05) is 27.1 Å². The molecule has 9 heteroatoms. The molecule has 3 nitrogen and oxygen atoms in total. The molecule has 0 saturated carbocycles. The molecule has 0 unspecified atom stereocenters. The number of hydrogen-bond donors (Lipinski definition) is 0. The highest BCUT2D eigenvalue weighted by Gasteiger charge is 2.37. The van der Waals surface area contributed by atoms with Gasteiger partial charge in [-0.05, 0) is 90.7 Å². The first-order chi connectivity index (χ1) is 23.8. The molecule has 0 spiro atoms. The van der Waals surface area contributed by atoms with Crippen LogP contribution in [0.15, 0.2) is 115 Å². The summed E-state index contributed by atoms with van der Waals surface area (Å²) in [5.74, 6) is 0. The van der Waals surface area contributed by atoms with E-state index in [9.17, 15) is 13.2 Å². The Kier molecular flexibility index (Phi) is 6.88. The van der Waals surface area contributed by atoms with Gasteiger partial charge < -0.3 is 9.13 Å². The summed E-state index contributed by atoms with van der Waals surface area (Å²) in [6.45, 7) is 11.3. The summed E-state index contributed by atoms with van der Waals surface area (Å²) in [5.41, 5.74) is 1.55. The fourth-order valence-electron chi connectivity index (χ4n) is 7.08. The topological polar surface area (TPSA) is 14.2 Å². The monoisotopic (exact) mass is 673 g/mol. The summed E-state index contributed by atoms with van der Waals surface area (Å²) < 4.78 is 91.8. The smallest absolute Gasteiger partial charge is 0.307 e. The molecule has 8 aromatic rings. The highest BCUT2D eigenvalue weighted by atomic mass is 19.4. The van der Waals surface area contributed by atoms with Crippen molar-refractivity contribution < 1.29 is 26.3 Å². The molecular weight excluding hydrogens is 648 g/mol. The summed E-state index contributed by atoms with van der Waals surface area (Å²) in [5, 5.41) is 3.41. The third-order valence-corrected chi connectivity index (χ3v) is 9.25. The molecule has 0 aliphatic heterocycles. The lowest BCUT2D eigenvalue weighted by Gasteiger charge is -2.23. The van der Waals surface area contributed by atoms with Crippen molar-refractivity contribution in [3.05, 3.63) is 149 Å². The summed E-state index contributed by atoms with van der Waals surface area (Å²) >= 11 is 0. The second-order valence-corrected chi connectivity index (χ2v) is 12.5. The molecule has 0 N–H and O–H groups in total. The quantitative estimate of drug-likeness (QED) is 0.131. The van der Waals surface area contributed by atoms with Crippen molar-refractivity contribution in [3.63, 3.8) is 0 Å². The highest BCUT2D eigenvalue weighted by molar-refractivity contribution is 6.12. The number of aryl methyl sites for hydroxylation is 2. The highest BCUT2D eigenvalue weighted by Crippen LogP contribution is 2.46. The van der Waals surface area contributed by atoms with E-state index < -0.39 is 34.7 Å². The second-order valence-electron chi connectivity index (χ2n) is 12.5. The lowest BCUT2D eigenvalue weighted by atomic mass is 9.95. The van der Waals surface area contributed by atoms with Gasteiger partial charge in [0.15, 0.2) is 5.69 Å². The Morgan fingerprint density at radius 1 is 0.520 bits per heavy atom. The minimum atomic E-state index is -4.97. The van der Waals surface area contributed by atoms with Crippen molar-refractivity contribution in [2.24, 2.45) is 0 Å². The van der Waals surface area contributed by atoms with Crippen LogP contribution in [0.25, 0.3) is 71.0 Å². The van der Waals surface area contributed by atoms with Gasteiger partial charge in [-0.15, -0.1) is 0 Å². The Balaban J connectivity index is 1.61. The number of para-hydroxylation sites is 2. The van der Waals surface area contributed by atoms with E-state index in [0.29, 0.717) is 34.4 Å². The van der Waals surface area contributed by atoms with Gasteiger partial charge in [-0.2, -0.15) is 26.3 Å². The molecule has 0 radical (unpaired) electrons. The van der Waals surface area contributed by atoms with Gasteiger partial charge in [0.2, 0.25) is 0 Å². The molecule has 2 aromatic heterocycles. The number of fused-ring (bicyclic) bond motifs is 6. The standard InChI is InChI=1S/C41H25F6N3/c1-23-12-14-30-28-8-4-6-10-34(28)49(36(30)16-23)38-21-32(25-18-26(40(42,43)44)20-27(19-25)48-3)33(41(45,46)47)22-39(38)50-35-11-7-5-9-29(35)31-15-13-24(2)17-37(31)50/h4-22H,1-2H3. The lowest BCUT2D eigenvalue weighted by Crippen LogP contribution is -2.12. The minimum Gasteiger partial charge on any atom is -0.307 e. The predicted molar refractivity (Wildman–Crippen MR) is 186 cm³/mol. The van der Waals surface area contributed by atoms with E-state index in [1.165, 1.54) is 6.07 Å². The first kappa shape index (κ1) is 31.3. The van der Waals surface area contributed by atoms with Gasteiger partial charge in [-0.1, -0.05) is 60.7 Å². The number of halogens is 6. The molecule has 50 heavy (non-hydrogen) atoms. The molecule has 0 saturated heterocycles. The van der Waals surface area contributed by atoms with Crippen LogP contribution in [-0.2, 0) is 12.4 Å². The van der Waals surface area contributed by atoms with E-state index in [4.69, 9.17) is 6.57 Å². The molecule has 0 bridgehead atoms. The van der Waals surface area contributed by atoms with Gasteiger partial charge in [0.25, 0.3) is 0 Å². The average Bonchev–Trinajstić information content (AvgIpc) is 3.58. The molecule has 0 aliphatic rings. The fourth-order valence-corrected chi connectivity index (χ4v) is 7.08. The lowest BCUT2D eigenvalue weighted by molar-refractivity contribution is -0.137. The molecule has 8 rings (SSSR count). The molecule has 246 valence electrons. The zero-order chi connectivity index (χ0) is 35.1.